The predicted octanol–water partition coefficient (Wildman–Crippen LogP) is 0.713. The first kappa shape index (κ1) is 12.5. The summed E-state index contributed by atoms with van der Waals surface area (Å²) in [5.74, 6) is 4.61. The van der Waals surface area contributed by atoms with Crippen molar-refractivity contribution in [2.24, 2.45) is 11.6 Å². The molecular weight excluding hydrogens is 274 g/mol. The zero-order valence-corrected chi connectivity index (χ0v) is 10.2. The number of methoxy groups -OCH3 is 1. The average Bonchev–Trinajstić information content (AvgIpc) is 2.30. The molecule has 16 heavy (non-hydrogen) atoms. The van der Waals surface area contributed by atoms with E-state index >= 15 is 0 Å². The fraction of sp³-hybridized carbons (Fsp3) is 0.100. The Morgan fingerprint density at radius 2 is 1.94 bits per heavy atom. The third-order valence-corrected chi connectivity index (χ3v) is 2.49. The molecule has 0 unspecified atom stereocenters. The van der Waals surface area contributed by atoms with Crippen molar-refractivity contribution in [2.75, 3.05) is 7.11 Å². The van der Waals surface area contributed by atoms with E-state index in [1.165, 1.54) is 7.11 Å². The Morgan fingerprint density at radius 1 is 1.38 bits per heavy atom. The number of esters is 1. The number of hydrogen-bond donors (Lipinski definition) is 3. The standard InChI is InChI=1S/C10H12BrN3O2/c1-16-10(15)9(14-13)8(12)6-2-4-7(11)5-3-6/h2-5,14H,12-13H2,1H3/b9-8-. The van der Waals surface area contributed by atoms with Gasteiger partial charge in [0.25, 0.3) is 0 Å². The highest BCUT2D eigenvalue weighted by Gasteiger charge is 2.13. The SMILES string of the molecule is COC(=O)/C(NN)=C(/N)c1ccc(Br)cc1. The van der Waals surface area contributed by atoms with E-state index in [-0.39, 0.29) is 11.4 Å². The third kappa shape index (κ3) is 2.74. The summed E-state index contributed by atoms with van der Waals surface area (Å²) < 4.78 is 5.46. The summed E-state index contributed by atoms with van der Waals surface area (Å²) in [5, 5.41) is 0. The van der Waals surface area contributed by atoms with Crippen LogP contribution in [-0.4, -0.2) is 13.1 Å². The first-order chi connectivity index (χ1) is 7.60. The van der Waals surface area contributed by atoms with Crippen molar-refractivity contribution in [1.82, 2.24) is 5.43 Å². The van der Waals surface area contributed by atoms with Crippen LogP contribution in [-0.2, 0) is 9.53 Å². The summed E-state index contributed by atoms with van der Waals surface area (Å²) in [6.45, 7) is 0. The maximum absolute atomic E-state index is 11.3. The maximum Gasteiger partial charge on any atom is 0.357 e. The van der Waals surface area contributed by atoms with Crippen molar-refractivity contribution >= 4 is 27.6 Å². The number of rotatable bonds is 3. The molecule has 0 radical (unpaired) electrons. The Labute approximate surface area is 102 Å². The molecule has 0 spiro atoms. The third-order valence-electron chi connectivity index (χ3n) is 1.96. The molecule has 5 N–H and O–H groups in total. The Hall–Kier alpha value is -1.53. The molecule has 0 fully saturated rings. The summed E-state index contributed by atoms with van der Waals surface area (Å²) in [7, 11) is 1.26. The van der Waals surface area contributed by atoms with Crippen LogP contribution in [0.1, 0.15) is 5.56 Å². The van der Waals surface area contributed by atoms with Gasteiger partial charge in [-0.15, -0.1) is 0 Å². The van der Waals surface area contributed by atoms with E-state index in [1.807, 2.05) is 12.1 Å². The molecule has 6 heteroatoms. The van der Waals surface area contributed by atoms with E-state index in [0.29, 0.717) is 5.56 Å². The van der Waals surface area contributed by atoms with Gasteiger partial charge in [0.15, 0.2) is 5.70 Å². The number of hydrogen-bond acceptors (Lipinski definition) is 5. The lowest BCUT2D eigenvalue weighted by Crippen LogP contribution is -2.30. The number of hydrazine groups is 1. The van der Waals surface area contributed by atoms with Gasteiger partial charge in [0.2, 0.25) is 0 Å². The van der Waals surface area contributed by atoms with Gasteiger partial charge >= 0.3 is 5.97 Å². The second-order valence-electron chi connectivity index (χ2n) is 2.93. The van der Waals surface area contributed by atoms with Gasteiger partial charge < -0.3 is 15.9 Å². The van der Waals surface area contributed by atoms with Gasteiger partial charge in [-0.05, 0) is 17.7 Å². The van der Waals surface area contributed by atoms with Crippen LogP contribution in [0.15, 0.2) is 34.4 Å². The summed E-state index contributed by atoms with van der Waals surface area (Å²) >= 11 is 3.30. The number of benzene rings is 1. The molecule has 0 bridgehead atoms. The molecule has 0 saturated heterocycles. The van der Waals surface area contributed by atoms with Crippen molar-refractivity contribution in [3.8, 4) is 0 Å². The van der Waals surface area contributed by atoms with E-state index < -0.39 is 5.97 Å². The molecule has 0 aliphatic rings. The molecule has 0 aliphatic heterocycles. The van der Waals surface area contributed by atoms with Gasteiger partial charge in [-0.1, -0.05) is 28.1 Å². The minimum absolute atomic E-state index is 0.0322. The summed E-state index contributed by atoms with van der Waals surface area (Å²) in [6, 6.07) is 7.15. The number of halogens is 1. The molecule has 1 aromatic rings. The van der Waals surface area contributed by atoms with Crippen LogP contribution in [0.3, 0.4) is 0 Å². The predicted molar refractivity (Wildman–Crippen MR) is 64.6 cm³/mol. The molecule has 86 valence electrons. The van der Waals surface area contributed by atoms with Crippen LogP contribution in [0.25, 0.3) is 5.70 Å². The molecule has 0 aliphatic carbocycles. The molecular formula is C10H12BrN3O2. The van der Waals surface area contributed by atoms with Gasteiger partial charge in [-0.2, -0.15) is 0 Å². The quantitative estimate of drug-likeness (QED) is 0.329. The molecule has 5 nitrogen and oxygen atoms in total. The normalized spacial score (nSPS) is 11.7. The molecule has 0 amide bonds. The lowest BCUT2D eigenvalue weighted by Gasteiger charge is -2.09. The van der Waals surface area contributed by atoms with Crippen LogP contribution in [0.5, 0.6) is 0 Å². The van der Waals surface area contributed by atoms with E-state index in [0.717, 1.165) is 4.47 Å². The molecule has 0 atom stereocenters. The van der Waals surface area contributed by atoms with Crippen molar-refractivity contribution in [3.63, 3.8) is 0 Å². The van der Waals surface area contributed by atoms with Crippen molar-refractivity contribution < 1.29 is 9.53 Å². The highest BCUT2D eigenvalue weighted by molar-refractivity contribution is 9.10. The highest BCUT2D eigenvalue weighted by atomic mass is 79.9. The number of carbonyl (C=O) groups excluding carboxylic acids is 1. The second kappa shape index (κ2) is 5.53. The van der Waals surface area contributed by atoms with E-state index in [4.69, 9.17) is 11.6 Å². The Morgan fingerprint density at radius 3 is 2.38 bits per heavy atom. The van der Waals surface area contributed by atoms with Crippen LogP contribution >= 0.6 is 15.9 Å². The van der Waals surface area contributed by atoms with Gasteiger partial charge in [-0.3, -0.25) is 5.84 Å². The van der Waals surface area contributed by atoms with Gasteiger partial charge in [0.1, 0.15) is 0 Å². The Balaban J connectivity index is 3.14. The fourth-order valence-corrected chi connectivity index (χ4v) is 1.39. The van der Waals surface area contributed by atoms with Crippen molar-refractivity contribution in [1.29, 1.82) is 0 Å². The zero-order valence-electron chi connectivity index (χ0n) is 8.66. The molecule has 1 aromatic carbocycles. The second-order valence-corrected chi connectivity index (χ2v) is 3.85. The van der Waals surface area contributed by atoms with Crippen LogP contribution < -0.4 is 17.0 Å². The summed E-state index contributed by atoms with van der Waals surface area (Å²) in [6.07, 6.45) is 0. The lowest BCUT2D eigenvalue weighted by atomic mass is 10.1. The minimum Gasteiger partial charge on any atom is -0.464 e. The molecule has 1 rings (SSSR count). The number of nitrogens with two attached hydrogens (primary N) is 2. The molecule has 0 heterocycles. The van der Waals surface area contributed by atoms with Crippen LogP contribution in [0.2, 0.25) is 0 Å². The van der Waals surface area contributed by atoms with Gasteiger partial charge in [-0.25, -0.2) is 4.79 Å². The zero-order chi connectivity index (χ0) is 12.1. The summed E-state index contributed by atoms with van der Waals surface area (Å²) in [4.78, 5) is 11.3. The minimum atomic E-state index is -0.608. The van der Waals surface area contributed by atoms with Crippen molar-refractivity contribution in [3.05, 3.63) is 40.0 Å². The topological polar surface area (TPSA) is 90.4 Å². The average molecular weight is 286 g/mol. The Kier molecular flexibility index (Phi) is 4.33. The Bertz CT molecular complexity index is 415. The maximum atomic E-state index is 11.3. The van der Waals surface area contributed by atoms with Gasteiger partial charge in [0.05, 0.1) is 12.8 Å². The molecule has 0 saturated carbocycles. The van der Waals surface area contributed by atoms with Crippen molar-refractivity contribution in [2.45, 2.75) is 0 Å². The highest BCUT2D eigenvalue weighted by Crippen LogP contribution is 2.16. The van der Waals surface area contributed by atoms with Gasteiger partial charge in [0, 0.05) is 4.47 Å². The lowest BCUT2D eigenvalue weighted by molar-refractivity contribution is -0.136. The summed E-state index contributed by atoms with van der Waals surface area (Å²) in [5.41, 5.74) is 8.98. The fourth-order valence-electron chi connectivity index (χ4n) is 1.12. The monoisotopic (exact) mass is 285 g/mol. The number of carbonyl (C=O) groups is 1. The van der Waals surface area contributed by atoms with Crippen LogP contribution in [0.4, 0.5) is 0 Å². The number of ether oxygens (including phenoxy) is 1. The molecule has 0 aromatic heterocycles. The number of nitrogens with one attached hydrogen (secondary N) is 1. The smallest absolute Gasteiger partial charge is 0.357 e. The van der Waals surface area contributed by atoms with Crippen LogP contribution in [0, 0.1) is 0 Å². The van der Waals surface area contributed by atoms with E-state index in [1.54, 1.807) is 12.1 Å². The largest absolute Gasteiger partial charge is 0.464 e. The first-order valence-corrected chi connectivity index (χ1v) is 5.20. The van der Waals surface area contributed by atoms with E-state index in [9.17, 15) is 4.79 Å². The first-order valence-electron chi connectivity index (χ1n) is 4.40. The van der Waals surface area contributed by atoms with E-state index in [2.05, 4.69) is 26.1 Å².